The van der Waals surface area contributed by atoms with Crippen molar-refractivity contribution in [3.05, 3.63) is 29.8 Å². The summed E-state index contributed by atoms with van der Waals surface area (Å²) >= 11 is 0. The highest BCUT2D eigenvalue weighted by Crippen LogP contribution is 2.14. The molecule has 4 nitrogen and oxygen atoms in total. The van der Waals surface area contributed by atoms with Gasteiger partial charge in [0.2, 0.25) is 5.91 Å². The molecule has 0 aliphatic rings. The fourth-order valence-corrected chi connectivity index (χ4v) is 1.52. The summed E-state index contributed by atoms with van der Waals surface area (Å²) in [6.07, 6.45) is 0.910. The van der Waals surface area contributed by atoms with Crippen LogP contribution in [-0.2, 0) is 16.0 Å². The Morgan fingerprint density at radius 1 is 1.33 bits per heavy atom. The average molecular weight is 273 g/mol. The van der Waals surface area contributed by atoms with Gasteiger partial charge in [-0.2, -0.15) is 0 Å². The molecule has 0 bridgehead atoms. The maximum Gasteiger partial charge on any atom is 0.238 e. The van der Waals surface area contributed by atoms with Crippen LogP contribution < -0.4 is 10.6 Å². The third kappa shape index (κ3) is 6.00. The zero-order chi connectivity index (χ0) is 12.5. The highest BCUT2D eigenvalue weighted by Gasteiger charge is 2.04. The van der Waals surface area contributed by atoms with Gasteiger partial charge in [0.1, 0.15) is 0 Å². The van der Waals surface area contributed by atoms with E-state index in [-0.39, 0.29) is 18.3 Å². The normalized spacial score (nSPS) is 9.67. The molecule has 0 aromatic heterocycles. The first-order valence-electron chi connectivity index (χ1n) is 5.85. The molecule has 0 aliphatic carbocycles. The summed E-state index contributed by atoms with van der Waals surface area (Å²) in [4.78, 5) is 11.6. The molecule has 2 N–H and O–H groups in total. The minimum Gasteiger partial charge on any atom is -0.383 e. The number of hydrogen-bond donors (Lipinski definition) is 2. The number of nitrogens with one attached hydrogen (secondary N) is 2. The van der Waals surface area contributed by atoms with Crippen LogP contribution in [0.2, 0.25) is 0 Å². The van der Waals surface area contributed by atoms with E-state index in [2.05, 4.69) is 17.6 Å². The SMILES string of the molecule is CCc1ccccc1NC(=O)CNCCOC.Cl. The molecule has 0 aliphatic heterocycles. The number of halogens is 1. The number of rotatable bonds is 7. The fourth-order valence-electron chi connectivity index (χ4n) is 1.52. The quantitative estimate of drug-likeness (QED) is 0.745. The van der Waals surface area contributed by atoms with Gasteiger partial charge in [0, 0.05) is 19.3 Å². The van der Waals surface area contributed by atoms with Crippen LogP contribution in [0.4, 0.5) is 5.69 Å². The van der Waals surface area contributed by atoms with Crippen LogP contribution in [0.5, 0.6) is 0 Å². The summed E-state index contributed by atoms with van der Waals surface area (Å²) in [5, 5.41) is 5.90. The first kappa shape index (κ1) is 16.9. The van der Waals surface area contributed by atoms with Crippen molar-refractivity contribution in [2.45, 2.75) is 13.3 Å². The highest BCUT2D eigenvalue weighted by molar-refractivity contribution is 5.92. The zero-order valence-corrected chi connectivity index (χ0v) is 11.7. The van der Waals surface area contributed by atoms with Crippen molar-refractivity contribution in [1.29, 1.82) is 0 Å². The maximum absolute atomic E-state index is 11.6. The molecule has 5 heteroatoms. The number of amides is 1. The molecule has 1 aromatic rings. The third-order valence-electron chi connectivity index (χ3n) is 2.44. The molecule has 0 saturated heterocycles. The van der Waals surface area contributed by atoms with E-state index in [1.807, 2.05) is 24.3 Å². The lowest BCUT2D eigenvalue weighted by atomic mass is 10.1. The lowest BCUT2D eigenvalue weighted by molar-refractivity contribution is -0.115. The smallest absolute Gasteiger partial charge is 0.238 e. The predicted molar refractivity (Wildman–Crippen MR) is 76.4 cm³/mol. The largest absolute Gasteiger partial charge is 0.383 e. The number of carbonyl (C=O) groups excluding carboxylic acids is 1. The van der Waals surface area contributed by atoms with Crippen molar-refractivity contribution in [3.63, 3.8) is 0 Å². The Bertz CT molecular complexity index is 359. The van der Waals surface area contributed by atoms with Crippen molar-refractivity contribution >= 4 is 24.0 Å². The highest BCUT2D eigenvalue weighted by atomic mass is 35.5. The van der Waals surface area contributed by atoms with Gasteiger partial charge in [0.25, 0.3) is 0 Å². The average Bonchev–Trinajstić information content (AvgIpc) is 2.35. The van der Waals surface area contributed by atoms with Gasteiger partial charge in [-0.25, -0.2) is 0 Å². The van der Waals surface area contributed by atoms with E-state index in [0.29, 0.717) is 19.7 Å². The summed E-state index contributed by atoms with van der Waals surface area (Å²) < 4.78 is 4.88. The first-order chi connectivity index (χ1) is 8.27. The van der Waals surface area contributed by atoms with Gasteiger partial charge in [-0.3, -0.25) is 4.79 Å². The molecule has 1 amide bonds. The molecule has 18 heavy (non-hydrogen) atoms. The molecule has 0 fully saturated rings. The van der Waals surface area contributed by atoms with Crippen molar-refractivity contribution < 1.29 is 9.53 Å². The molecule has 0 heterocycles. The van der Waals surface area contributed by atoms with Gasteiger partial charge < -0.3 is 15.4 Å². The second-order valence-electron chi connectivity index (χ2n) is 3.73. The molecule has 1 rings (SSSR count). The van der Waals surface area contributed by atoms with E-state index >= 15 is 0 Å². The van der Waals surface area contributed by atoms with E-state index in [0.717, 1.165) is 17.7 Å². The Morgan fingerprint density at radius 2 is 2.06 bits per heavy atom. The zero-order valence-electron chi connectivity index (χ0n) is 10.9. The minimum absolute atomic E-state index is 0. The third-order valence-corrected chi connectivity index (χ3v) is 2.44. The second kappa shape index (κ2) is 9.88. The number of methoxy groups -OCH3 is 1. The number of ether oxygens (including phenoxy) is 1. The topological polar surface area (TPSA) is 50.4 Å². The first-order valence-corrected chi connectivity index (χ1v) is 5.85. The van der Waals surface area contributed by atoms with Gasteiger partial charge in [-0.1, -0.05) is 25.1 Å². The number of hydrogen-bond acceptors (Lipinski definition) is 3. The summed E-state index contributed by atoms with van der Waals surface area (Å²) in [5.41, 5.74) is 2.05. The fraction of sp³-hybridized carbons (Fsp3) is 0.462. The molecule has 102 valence electrons. The monoisotopic (exact) mass is 272 g/mol. The lowest BCUT2D eigenvalue weighted by Crippen LogP contribution is -2.30. The van der Waals surface area contributed by atoms with Crippen molar-refractivity contribution in [2.24, 2.45) is 0 Å². The maximum atomic E-state index is 11.6. The molecule has 0 saturated carbocycles. The number of carbonyl (C=O) groups is 1. The number of anilines is 1. The van der Waals surface area contributed by atoms with Gasteiger partial charge in [0.15, 0.2) is 0 Å². The molecular weight excluding hydrogens is 252 g/mol. The Labute approximate surface area is 115 Å². The van der Waals surface area contributed by atoms with Crippen molar-refractivity contribution in [2.75, 3.05) is 32.1 Å². The Morgan fingerprint density at radius 3 is 2.72 bits per heavy atom. The summed E-state index contributed by atoms with van der Waals surface area (Å²) in [6.45, 7) is 3.67. The van der Waals surface area contributed by atoms with Crippen molar-refractivity contribution in [1.82, 2.24) is 5.32 Å². The van der Waals surface area contributed by atoms with Gasteiger partial charge in [0.05, 0.1) is 13.2 Å². The van der Waals surface area contributed by atoms with Gasteiger partial charge in [-0.05, 0) is 18.1 Å². The van der Waals surface area contributed by atoms with Crippen LogP contribution in [0.1, 0.15) is 12.5 Å². The molecule has 0 unspecified atom stereocenters. The molecule has 0 atom stereocenters. The Hall–Kier alpha value is -1.10. The predicted octanol–water partition coefficient (Wildman–Crippen LogP) is 1.85. The second-order valence-corrected chi connectivity index (χ2v) is 3.73. The van der Waals surface area contributed by atoms with Crippen molar-refractivity contribution in [3.8, 4) is 0 Å². The van der Waals surface area contributed by atoms with Gasteiger partial charge >= 0.3 is 0 Å². The van der Waals surface area contributed by atoms with Crippen LogP contribution in [0.3, 0.4) is 0 Å². The summed E-state index contributed by atoms with van der Waals surface area (Å²) in [6, 6.07) is 7.85. The van der Waals surface area contributed by atoms with E-state index < -0.39 is 0 Å². The molecule has 0 spiro atoms. The van der Waals surface area contributed by atoms with Crippen LogP contribution in [0, 0.1) is 0 Å². The van der Waals surface area contributed by atoms with Gasteiger partial charge in [-0.15, -0.1) is 12.4 Å². The Kier molecular flexibility index (Phi) is 9.28. The van der Waals surface area contributed by atoms with Crippen LogP contribution in [0.15, 0.2) is 24.3 Å². The van der Waals surface area contributed by atoms with E-state index in [1.165, 1.54) is 0 Å². The standard InChI is InChI=1S/C13H20N2O2.ClH/c1-3-11-6-4-5-7-12(11)15-13(16)10-14-8-9-17-2;/h4-7,14H,3,8-10H2,1-2H3,(H,15,16);1H. The Balaban J connectivity index is 0.00000289. The van der Waals surface area contributed by atoms with E-state index in [4.69, 9.17) is 4.74 Å². The number of aryl methyl sites for hydroxylation is 1. The van der Waals surface area contributed by atoms with E-state index in [1.54, 1.807) is 7.11 Å². The summed E-state index contributed by atoms with van der Waals surface area (Å²) in [7, 11) is 1.64. The molecular formula is C13H21ClN2O2. The lowest BCUT2D eigenvalue weighted by Gasteiger charge is -2.10. The minimum atomic E-state index is -0.0259. The van der Waals surface area contributed by atoms with Crippen LogP contribution in [0.25, 0.3) is 0 Å². The molecule has 1 aromatic carbocycles. The molecule has 0 radical (unpaired) electrons. The number of benzene rings is 1. The van der Waals surface area contributed by atoms with Crippen LogP contribution >= 0.6 is 12.4 Å². The van der Waals surface area contributed by atoms with Crippen LogP contribution in [-0.4, -0.2) is 32.7 Å². The number of para-hydroxylation sites is 1. The van der Waals surface area contributed by atoms with E-state index in [9.17, 15) is 4.79 Å². The summed E-state index contributed by atoms with van der Waals surface area (Å²) in [5.74, 6) is -0.0259.